The first kappa shape index (κ1) is 60.4. The zero-order valence-electron chi connectivity index (χ0n) is 37.1. The molecule has 0 radical (unpaired) electrons. The van der Waals surface area contributed by atoms with E-state index >= 15 is 0 Å². The number of hydrogen-bond acceptors (Lipinski definition) is 18. The molecular weight excluding hydrogens is 863 g/mol. The molecule has 63 heavy (non-hydrogen) atoms. The quantitative estimate of drug-likeness (QED) is 0.0275. The van der Waals surface area contributed by atoms with E-state index in [-0.39, 0.29) is 70.7 Å². The van der Waals surface area contributed by atoms with E-state index in [1.807, 2.05) is 20.3 Å². The average molecular weight is 922 g/mol. The number of rotatable bonds is 21. The average Bonchev–Trinajstić information content (AvgIpc) is 3.59. The highest BCUT2D eigenvalue weighted by molar-refractivity contribution is 7.35. The number of carbonyl (C=O) groups excluding carboxylic acids is 8. The second-order valence-electron chi connectivity index (χ2n) is 11.8. The summed E-state index contributed by atoms with van der Waals surface area (Å²) in [5, 5.41) is 30.0. The van der Waals surface area contributed by atoms with Crippen LogP contribution in [-0.2, 0) is 76.3 Å². The molecule has 0 aromatic rings. The topological polar surface area (TPSA) is 337 Å². The van der Waals surface area contributed by atoms with Gasteiger partial charge in [-0.05, 0) is 40.5 Å². The number of carbonyl (C=O) groups is 11. The van der Waals surface area contributed by atoms with Crippen molar-refractivity contribution in [1.29, 1.82) is 1.28 Å². The fourth-order valence-electron chi connectivity index (χ4n) is 2.55. The van der Waals surface area contributed by atoms with Crippen LogP contribution in [0.3, 0.4) is 0 Å². The Morgan fingerprint density at radius 3 is 1.32 bits per heavy atom. The highest BCUT2D eigenvalue weighted by Gasteiger charge is 2.22. The number of aliphatic carboxylic acids is 3. The fourth-order valence-corrected chi connectivity index (χ4v) is 2.55. The van der Waals surface area contributed by atoms with Crippen molar-refractivity contribution in [3.8, 4) is 0 Å². The van der Waals surface area contributed by atoms with Gasteiger partial charge in [0.2, 0.25) is 0 Å². The summed E-state index contributed by atoms with van der Waals surface area (Å²) >= 11 is 0. The molecule has 0 aromatic heterocycles. The zero-order chi connectivity index (χ0) is 50.4. The van der Waals surface area contributed by atoms with Crippen LogP contribution in [0.15, 0.2) is 60.8 Å². The Kier molecular flexibility index (Phi) is 37.6. The van der Waals surface area contributed by atoms with Gasteiger partial charge in [0.15, 0.2) is 0 Å². The molecule has 1 aliphatic rings. The highest BCUT2D eigenvalue weighted by atomic mass is 31.1. The maximum Gasteiger partial charge on any atom is 0.407 e. The number of hydrogen-bond donors (Lipinski definition) is 5. The van der Waals surface area contributed by atoms with Crippen LogP contribution in [0.2, 0.25) is 0 Å². The molecule has 354 valence electrons. The molecule has 0 aromatic carbocycles. The Morgan fingerprint density at radius 1 is 0.683 bits per heavy atom. The SMILES string of the molecule is C=C(C)C(=O)OCCNC(=O)OCC(COC(=O)NCCOC(=O)C(=C)C)C(=O)O.C=C(C)C(=O)OCCOC(=O)/C=C\C(=O)O.CCC(C)C(=O)O.O=C1C=CC(=O)O1.[2H]P(C)C. The summed E-state index contributed by atoms with van der Waals surface area (Å²) in [7, 11) is -0.370. The third kappa shape index (κ3) is 43.0. The molecule has 0 saturated heterocycles. The van der Waals surface area contributed by atoms with E-state index in [1.54, 1.807) is 6.92 Å². The van der Waals surface area contributed by atoms with Crippen LogP contribution in [0.1, 0.15) is 41.0 Å². The van der Waals surface area contributed by atoms with Crippen molar-refractivity contribution in [2.45, 2.75) is 41.0 Å². The summed E-state index contributed by atoms with van der Waals surface area (Å²) in [6.45, 7) is 20.2. The number of cyclic esters (lactones) is 2. The smallest absolute Gasteiger partial charge is 0.407 e. The Hall–Kier alpha value is -6.90. The van der Waals surface area contributed by atoms with Crippen LogP contribution in [0, 0.1) is 11.8 Å². The summed E-state index contributed by atoms with van der Waals surface area (Å²) in [5.41, 5.74) is 0.662. The van der Waals surface area contributed by atoms with Gasteiger partial charge in [0, 0.05) is 41.0 Å². The standard InChI is InChI=1S/C18H26N2O10.C10H12O6.C5H10O2.C4H2O3.C2H7P/c1-11(2)15(23)27-7-5-19-17(25)29-9-13(14(21)22)10-30-18(26)20-6-8-28-16(24)12(3)4;1-7(2)10(14)16-6-5-15-9(13)4-3-8(11)12;1-3-4(2)5(6)7;5-3-1-2-4(6)7-3;1-3-2/h13H,1,3,5-10H2,2,4H3,(H,19,25)(H,20,26)(H,21,22);3-4H,1,5-6H2,2H3,(H,11,12);4H,3H2,1-2H3,(H,6,7);1-2H;3H,1-2H3/b;4-3-;;;/i;;;;3D. The second kappa shape index (κ2) is 39.2. The molecule has 0 aliphatic carbocycles. The van der Waals surface area contributed by atoms with Gasteiger partial charge in [-0.25, -0.2) is 43.2 Å². The molecule has 24 heteroatoms. The van der Waals surface area contributed by atoms with E-state index < -0.39 is 85.0 Å². The van der Waals surface area contributed by atoms with E-state index in [0.717, 1.165) is 24.6 Å². The molecule has 0 saturated carbocycles. The molecule has 1 unspecified atom stereocenters. The maximum absolute atomic E-state index is 11.5. The Bertz CT molecular complexity index is 1620. The van der Waals surface area contributed by atoms with Gasteiger partial charge in [0.05, 0.1) is 20.3 Å². The van der Waals surface area contributed by atoms with Gasteiger partial charge < -0.3 is 59.1 Å². The van der Waals surface area contributed by atoms with Crippen LogP contribution in [0.5, 0.6) is 0 Å². The van der Waals surface area contributed by atoms with Gasteiger partial charge in [-0.1, -0.05) is 33.6 Å². The summed E-state index contributed by atoms with van der Waals surface area (Å²) in [4.78, 5) is 118. The lowest BCUT2D eigenvalue weighted by molar-refractivity contribution is -0.150. The normalized spacial score (nSPS) is 11.2. The van der Waals surface area contributed by atoms with Crippen molar-refractivity contribution in [2.24, 2.45) is 11.8 Å². The zero-order valence-corrected chi connectivity index (χ0v) is 37.0. The minimum atomic E-state index is -1.35. The molecule has 2 amide bonds. The van der Waals surface area contributed by atoms with Gasteiger partial charge in [0.25, 0.3) is 0 Å². The van der Waals surface area contributed by atoms with E-state index in [4.69, 9.17) is 35.5 Å². The fraction of sp³-hybridized carbons (Fsp3) is 0.462. The largest absolute Gasteiger partial charge is 0.481 e. The number of carboxylic acids is 3. The Morgan fingerprint density at radius 2 is 1.05 bits per heavy atom. The van der Waals surface area contributed by atoms with Gasteiger partial charge >= 0.3 is 65.9 Å². The molecule has 0 fully saturated rings. The molecule has 1 aliphatic heterocycles. The van der Waals surface area contributed by atoms with E-state index in [1.165, 1.54) is 20.8 Å². The first-order chi connectivity index (χ1) is 29.7. The molecule has 0 spiro atoms. The van der Waals surface area contributed by atoms with Crippen molar-refractivity contribution in [1.82, 2.24) is 10.6 Å². The molecule has 5 N–H and O–H groups in total. The molecule has 23 nitrogen and oxygen atoms in total. The van der Waals surface area contributed by atoms with Crippen molar-refractivity contribution in [3.05, 3.63) is 60.8 Å². The second-order valence-corrected chi connectivity index (χ2v) is 12.7. The van der Waals surface area contributed by atoms with Gasteiger partial charge in [-0.15, -0.1) is 8.53 Å². The van der Waals surface area contributed by atoms with Crippen molar-refractivity contribution in [3.63, 3.8) is 0 Å². The number of nitrogens with one attached hydrogen (secondary N) is 2. The predicted molar refractivity (Wildman–Crippen MR) is 222 cm³/mol. The van der Waals surface area contributed by atoms with Gasteiger partial charge in [0.1, 0.15) is 45.6 Å². The number of ether oxygens (including phenoxy) is 7. The number of alkyl carbamates (subject to hydrolysis) is 2. The minimum absolute atomic E-state index is 0.0511. The Labute approximate surface area is 366 Å². The van der Waals surface area contributed by atoms with Crippen LogP contribution in [-0.4, -0.2) is 149 Å². The monoisotopic (exact) mass is 921 g/mol. The lowest BCUT2D eigenvalue weighted by Gasteiger charge is -2.14. The first-order valence-corrected chi connectivity index (χ1v) is 19.9. The van der Waals surface area contributed by atoms with Crippen LogP contribution in [0.25, 0.3) is 0 Å². The van der Waals surface area contributed by atoms with Crippen molar-refractivity contribution >= 4 is 74.4 Å². The van der Waals surface area contributed by atoms with Crippen molar-refractivity contribution < 1.29 is 101 Å². The lowest BCUT2D eigenvalue weighted by Crippen LogP contribution is -2.35. The minimum Gasteiger partial charge on any atom is -0.481 e. The maximum atomic E-state index is 11.5. The predicted octanol–water partition coefficient (Wildman–Crippen LogP) is 2.34. The number of esters is 6. The summed E-state index contributed by atoms with van der Waals surface area (Å²) in [6.07, 6.45) is 2.44. The summed E-state index contributed by atoms with van der Waals surface area (Å²) in [5.74, 6) is -8.54. The van der Waals surface area contributed by atoms with Crippen LogP contribution >= 0.6 is 8.53 Å². The first-order valence-electron chi connectivity index (χ1n) is 18.5. The molecule has 1 rings (SSSR count). The van der Waals surface area contributed by atoms with Crippen molar-refractivity contribution in [2.75, 3.05) is 66.1 Å². The van der Waals surface area contributed by atoms with E-state index in [0.29, 0.717) is 6.08 Å². The van der Waals surface area contributed by atoms with E-state index in [2.05, 4.69) is 44.6 Å². The Balaban J connectivity index is -0.000000433. The highest BCUT2D eigenvalue weighted by Crippen LogP contribution is 2.01. The van der Waals surface area contributed by atoms with E-state index in [9.17, 15) is 52.7 Å². The molecule has 1 heterocycles. The number of carboxylic acid groups (broad SMARTS) is 3. The van der Waals surface area contributed by atoms with Crippen LogP contribution < -0.4 is 10.6 Å². The summed E-state index contributed by atoms with van der Waals surface area (Å²) < 4.78 is 38.7. The van der Waals surface area contributed by atoms with Gasteiger partial charge in [-0.2, -0.15) is 0 Å². The molecular formula is C39H57N2O21P. The number of amides is 2. The molecule has 0 bridgehead atoms. The summed E-state index contributed by atoms with van der Waals surface area (Å²) in [6, 6.07) is 0. The van der Waals surface area contributed by atoms with Gasteiger partial charge in [-0.3, -0.25) is 9.59 Å². The lowest BCUT2D eigenvalue weighted by atomic mass is 10.1. The third-order valence-corrected chi connectivity index (χ3v) is 5.95. The van der Waals surface area contributed by atoms with Crippen LogP contribution in [0.4, 0.5) is 9.59 Å². The molecule has 1 atom stereocenters. The third-order valence-electron chi connectivity index (χ3n) is 5.95.